The van der Waals surface area contributed by atoms with Crippen molar-refractivity contribution in [3.63, 3.8) is 0 Å². The molecular weight excluding hydrogens is 264 g/mol. The fraction of sp³-hybridized carbons (Fsp3) is 0.625. The molecule has 0 aliphatic heterocycles. The second kappa shape index (κ2) is 6.12. The van der Waals surface area contributed by atoms with Crippen LogP contribution in [0.1, 0.15) is 43.4 Å². The summed E-state index contributed by atoms with van der Waals surface area (Å²) in [5, 5.41) is 2.96. The number of hydrogen-bond acceptors (Lipinski definition) is 4. The van der Waals surface area contributed by atoms with Gasteiger partial charge in [0.1, 0.15) is 0 Å². The van der Waals surface area contributed by atoms with Gasteiger partial charge in [-0.15, -0.1) is 0 Å². The molecule has 1 saturated carbocycles. The number of amides is 1. The first-order valence-corrected chi connectivity index (χ1v) is 7.90. The van der Waals surface area contributed by atoms with Crippen LogP contribution in [0, 0.1) is 5.92 Å². The number of rotatable bonds is 3. The highest BCUT2D eigenvalue weighted by Crippen LogP contribution is 2.27. The Morgan fingerprint density at radius 2 is 2.19 bits per heavy atom. The van der Waals surface area contributed by atoms with Crippen LogP contribution in [-0.4, -0.2) is 23.0 Å². The summed E-state index contributed by atoms with van der Waals surface area (Å²) in [5.74, 6) is 0.364. The summed E-state index contributed by atoms with van der Waals surface area (Å²) < 4.78 is 0. The largest absolute Gasteiger partial charge is 0.327 e. The van der Waals surface area contributed by atoms with Crippen LogP contribution in [0.25, 0.3) is 0 Å². The van der Waals surface area contributed by atoms with Gasteiger partial charge in [0, 0.05) is 24.2 Å². The Balaban J connectivity index is 1.62. The van der Waals surface area contributed by atoms with E-state index in [1.54, 1.807) is 6.20 Å². The second-order valence-corrected chi connectivity index (χ2v) is 6.44. The van der Waals surface area contributed by atoms with E-state index < -0.39 is 0 Å². The molecule has 0 radical (unpaired) electrons. The van der Waals surface area contributed by atoms with Crippen molar-refractivity contribution in [2.75, 3.05) is 5.32 Å². The average Bonchev–Trinajstić information content (AvgIpc) is 2.83. The number of pyridine rings is 1. The average molecular weight is 288 g/mol. The minimum absolute atomic E-state index is 0.0409. The van der Waals surface area contributed by atoms with Gasteiger partial charge in [0.2, 0.25) is 5.91 Å². The lowest BCUT2D eigenvalue weighted by Gasteiger charge is -2.21. The predicted molar refractivity (Wildman–Crippen MR) is 82.8 cm³/mol. The van der Waals surface area contributed by atoms with E-state index in [0.29, 0.717) is 12.3 Å². The number of aromatic nitrogens is 1. The van der Waals surface area contributed by atoms with Crippen molar-refractivity contribution >= 4 is 11.6 Å². The van der Waals surface area contributed by atoms with E-state index in [-0.39, 0.29) is 18.0 Å². The quantitative estimate of drug-likeness (QED) is 0.782. The lowest BCUT2D eigenvalue weighted by atomic mass is 9.92. The molecule has 1 amide bonds. The van der Waals surface area contributed by atoms with E-state index >= 15 is 0 Å². The molecule has 2 aliphatic rings. The summed E-state index contributed by atoms with van der Waals surface area (Å²) in [4.78, 5) is 16.6. The van der Waals surface area contributed by atoms with Gasteiger partial charge >= 0.3 is 0 Å². The van der Waals surface area contributed by atoms with E-state index in [0.717, 1.165) is 49.9 Å². The van der Waals surface area contributed by atoms with Gasteiger partial charge in [0.15, 0.2) is 0 Å². The van der Waals surface area contributed by atoms with Gasteiger partial charge in [-0.25, -0.2) is 0 Å². The molecule has 3 atom stereocenters. The molecule has 114 valence electrons. The van der Waals surface area contributed by atoms with E-state index in [2.05, 4.69) is 10.3 Å². The highest BCUT2D eigenvalue weighted by Gasteiger charge is 2.26. The van der Waals surface area contributed by atoms with Crippen molar-refractivity contribution in [1.82, 2.24) is 4.98 Å². The Labute approximate surface area is 125 Å². The maximum atomic E-state index is 12.1. The number of carbonyl (C=O) groups excluding carboxylic acids is 1. The fourth-order valence-corrected chi connectivity index (χ4v) is 3.48. The topological polar surface area (TPSA) is 94.0 Å². The summed E-state index contributed by atoms with van der Waals surface area (Å²) in [5.41, 5.74) is 15.1. The third-order valence-corrected chi connectivity index (χ3v) is 4.74. The molecule has 1 aromatic heterocycles. The van der Waals surface area contributed by atoms with Crippen molar-refractivity contribution in [3.05, 3.63) is 23.5 Å². The molecular formula is C16H24N4O. The molecule has 1 fully saturated rings. The van der Waals surface area contributed by atoms with Gasteiger partial charge < -0.3 is 16.8 Å². The molecule has 0 aromatic carbocycles. The highest BCUT2D eigenvalue weighted by atomic mass is 16.1. The number of aryl methyl sites for hydroxylation is 1. The Hall–Kier alpha value is -1.46. The second-order valence-electron chi connectivity index (χ2n) is 6.44. The molecule has 1 aromatic rings. The SMILES string of the molecule is NC1CCc2ncc(NC(=O)C[C@@H]3CCC[C@H]3N)cc2C1. The molecule has 0 saturated heterocycles. The van der Waals surface area contributed by atoms with Crippen molar-refractivity contribution < 1.29 is 4.79 Å². The normalized spacial score (nSPS) is 28.2. The lowest BCUT2D eigenvalue weighted by molar-refractivity contribution is -0.117. The van der Waals surface area contributed by atoms with Crippen LogP contribution < -0.4 is 16.8 Å². The number of nitrogens with one attached hydrogen (secondary N) is 1. The van der Waals surface area contributed by atoms with Gasteiger partial charge in [-0.05, 0) is 49.7 Å². The standard InChI is InChI=1S/C16H24N4O/c17-12-4-5-15-11(6-12)7-13(9-19-15)20-16(21)8-10-2-1-3-14(10)18/h7,9-10,12,14H,1-6,8,17-18H2,(H,20,21)/t10-,12?,14+/m0/s1. The van der Waals surface area contributed by atoms with Gasteiger partial charge in [0.25, 0.3) is 0 Å². The minimum Gasteiger partial charge on any atom is -0.327 e. The first kappa shape index (κ1) is 14.5. The van der Waals surface area contributed by atoms with Crippen LogP contribution in [0.4, 0.5) is 5.69 Å². The summed E-state index contributed by atoms with van der Waals surface area (Å²) in [6, 6.07) is 2.41. The van der Waals surface area contributed by atoms with Crippen molar-refractivity contribution in [2.45, 2.75) is 57.0 Å². The monoisotopic (exact) mass is 288 g/mol. The summed E-state index contributed by atoms with van der Waals surface area (Å²) in [6.45, 7) is 0. The first-order valence-electron chi connectivity index (χ1n) is 7.90. The Morgan fingerprint density at radius 1 is 1.33 bits per heavy atom. The number of hydrogen-bond donors (Lipinski definition) is 3. The lowest BCUT2D eigenvalue weighted by Crippen LogP contribution is -2.29. The maximum Gasteiger partial charge on any atom is 0.224 e. The van der Waals surface area contributed by atoms with Gasteiger partial charge in [0.05, 0.1) is 11.9 Å². The van der Waals surface area contributed by atoms with Crippen molar-refractivity contribution in [1.29, 1.82) is 0 Å². The van der Waals surface area contributed by atoms with Gasteiger partial charge in [-0.3, -0.25) is 9.78 Å². The van der Waals surface area contributed by atoms with Crippen LogP contribution in [0.15, 0.2) is 12.3 Å². The predicted octanol–water partition coefficient (Wildman–Crippen LogP) is 1.35. The van der Waals surface area contributed by atoms with E-state index in [4.69, 9.17) is 11.5 Å². The van der Waals surface area contributed by atoms with Crippen LogP contribution in [0.2, 0.25) is 0 Å². The zero-order chi connectivity index (χ0) is 14.8. The number of fused-ring (bicyclic) bond motifs is 1. The molecule has 5 N–H and O–H groups in total. The molecule has 1 unspecified atom stereocenters. The first-order chi connectivity index (χ1) is 10.1. The third-order valence-electron chi connectivity index (χ3n) is 4.74. The van der Waals surface area contributed by atoms with Crippen molar-refractivity contribution in [3.8, 4) is 0 Å². The Morgan fingerprint density at radius 3 is 2.95 bits per heavy atom. The van der Waals surface area contributed by atoms with E-state index in [1.807, 2.05) is 6.07 Å². The zero-order valence-corrected chi connectivity index (χ0v) is 12.3. The molecule has 2 aliphatic carbocycles. The van der Waals surface area contributed by atoms with Crippen molar-refractivity contribution in [2.24, 2.45) is 17.4 Å². The Bertz CT molecular complexity index is 531. The molecule has 0 spiro atoms. The van der Waals surface area contributed by atoms with E-state index in [1.165, 1.54) is 5.56 Å². The van der Waals surface area contributed by atoms with Gasteiger partial charge in [-0.2, -0.15) is 0 Å². The Kier molecular flexibility index (Phi) is 4.22. The molecule has 1 heterocycles. The van der Waals surface area contributed by atoms with Crippen LogP contribution in [0.3, 0.4) is 0 Å². The van der Waals surface area contributed by atoms with E-state index in [9.17, 15) is 4.79 Å². The highest BCUT2D eigenvalue weighted by molar-refractivity contribution is 5.90. The summed E-state index contributed by atoms with van der Waals surface area (Å²) in [7, 11) is 0. The summed E-state index contributed by atoms with van der Waals surface area (Å²) in [6.07, 6.45) is 8.27. The third kappa shape index (κ3) is 3.41. The molecule has 5 heteroatoms. The molecule has 3 rings (SSSR count). The maximum absolute atomic E-state index is 12.1. The number of anilines is 1. The van der Waals surface area contributed by atoms with Crippen LogP contribution >= 0.6 is 0 Å². The smallest absolute Gasteiger partial charge is 0.224 e. The molecule has 5 nitrogen and oxygen atoms in total. The summed E-state index contributed by atoms with van der Waals surface area (Å²) >= 11 is 0. The van der Waals surface area contributed by atoms with Crippen LogP contribution in [0.5, 0.6) is 0 Å². The van der Waals surface area contributed by atoms with Crippen LogP contribution in [-0.2, 0) is 17.6 Å². The number of nitrogens with two attached hydrogens (primary N) is 2. The molecule has 21 heavy (non-hydrogen) atoms. The minimum atomic E-state index is 0.0409. The fourth-order valence-electron chi connectivity index (χ4n) is 3.48. The molecule has 0 bridgehead atoms. The van der Waals surface area contributed by atoms with Gasteiger partial charge in [-0.1, -0.05) is 6.42 Å². The number of nitrogens with zero attached hydrogens (tertiary/aromatic N) is 1. The number of carbonyl (C=O) groups is 1. The zero-order valence-electron chi connectivity index (χ0n) is 12.3.